The lowest BCUT2D eigenvalue weighted by Crippen LogP contribution is -2.49. The molecule has 2 fully saturated rings. The van der Waals surface area contributed by atoms with Crippen molar-refractivity contribution in [1.29, 1.82) is 0 Å². The van der Waals surface area contributed by atoms with Crippen molar-refractivity contribution < 1.29 is 33.5 Å². The van der Waals surface area contributed by atoms with Gasteiger partial charge in [-0.25, -0.2) is 9.18 Å². The molecule has 0 spiro atoms. The zero-order valence-corrected chi connectivity index (χ0v) is 26.3. The Balaban J connectivity index is 1.16. The number of piperidine rings is 1. The fourth-order valence-electron chi connectivity index (χ4n) is 7.09. The Labute approximate surface area is 276 Å². The molecule has 12 heteroatoms. The standard InChI is InChI=1S/C35H34ClFN4O6/c36-27-5-1-4-26(31(27)37)28-17-30(47-39-28)34(43)41-16-13-24-25(32(41)33(42)38-23-9-7-21(8-10-23)35(44)45)3-2-6-29(24)40-14-11-20(12-15-40)22-18-46-19-22/h1-10,20,22,30,32H,11-19H2,(H,38,42)(H,44,45)/t30-,32+/m1/s1. The van der Waals surface area contributed by atoms with Crippen molar-refractivity contribution in [2.75, 3.05) is 43.1 Å². The van der Waals surface area contributed by atoms with E-state index in [1.807, 2.05) is 12.1 Å². The molecule has 4 heterocycles. The first-order valence-electron chi connectivity index (χ1n) is 15.8. The number of hydrogen-bond acceptors (Lipinski definition) is 7. The van der Waals surface area contributed by atoms with Crippen molar-refractivity contribution in [3.63, 3.8) is 0 Å². The summed E-state index contributed by atoms with van der Waals surface area (Å²) in [6.07, 6.45) is 1.66. The Morgan fingerprint density at radius 3 is 2.40 bits per heavy atom. The Kier molecular flexibility index (Phi) is 8.59. The van der Waals surface area contributed by atoms with E-state index in [2.05, 4.69) is 21.4 Å². The molecular formula is C35H34ClFN4O6. The maximum absolute atomic E-state index is 14.8. The summed E-state index contributed by atoms with van der Waals surface area (Å²) in [5.74, 6) is -1.31. The van der Waals surface area contributed by atoms with Gasteiger partial charge in [0.1, 0.15) is 6.04 Å². The van der Waals surface area contributed by atoms with Gasteiger partial charge >= 0.3 is 5.97 Å². The number of carbonyl (C=O) groups is 3. The smallest absolute Gasteiger partial charge is 0.335 e. The molecule has 7 rings (SSSR count). The second kappa shape index (κ2) is 13.0. The molecule has 0 radical (unpaired) electrons. The Hall–Kier alpha value is -4.48. The maximum atomic E-state index is 14.8. The number of fused-ring (bicyclic) bond motifs is 1. The zero-order chi connectivity index (χ0) is 32.7. The third kappa shape index (κ3) is 6.05. The summed E-state index contributed by atoms with van der Waals surface area (Å²) in [5.41, 5.74) is 3.72. The van der Waals surface area contributed by atoms with E-state index in [0.717, 1.165) is 56.0 Å². The molecular weight excluding hydrogens is 627 g/mol. The van der Waals surface area contributed by atoms with Crippen LogP contribution in [0.1, 0.15) is 52.4 Å². The molecule has 0 saturated carbocycles. The molecule has 2 atom stereocenters. The molecule has 0 unspecified atom stereocenters. The van der Waals surface area contributed by atoms with E-state index in [0.29, 0.717) is 23.9 Å². The number of nitrogens with one attached hydrogen (secondary N) is 1. The van der Waals surface area contributed by atoms with E-state index in [9.17, 15) is 23.9 Å². The van der Waals surface area contributed by atoms with Gasteiger partial charge in [0.25, 0.3) is 11.8 Å². The molecule has 3 aromatic carbocycles. The first-order chi connectivity index (χ1) is 22.8. The fourth-order valence-corrected chi connectivity index (χ4v) is 7.27. The second-order valence-electron chi connectivity index (χ2n) is 12.5. The van der Waals surface area contributed by atoms with Crippen LogP contribution in [0.2, 0.25) is 5.02 Å². The summed E-state index contributed by atoms with van der Waals surface area (Å²) in [6, 6.07) is 15.3. The second-order valence-corrected chi connectivity index (χ2v) is 12.9. The van der Waals surface area contributed by atoms with E-state index in [4.69, 9.17) is 21.2 Å². The van der Waals surface area contributed by atoms with Gasteiger partial charge in [-0.05, 0) is 78.8 Å². The molecule has 2 saturated heterocycles. The van der Waals surface area contributed by atoms with Crippen molar-refractivity contribution >= 4 is 46.5 Å². The van der Waals surface area contributed by atoms with Crippen LogP contribution in [0.25, 0.3) is 0 Å². The third-order valence-electron chi connectivity index (χ3n) is 9.74. The molecule has 0 aromatic heterocycles. The largest absolute Gasteiger partial charge is 0.478 e. The van der Waals surface area contributed by atoms with Crippen molar-refractivity contribution in [1.82, 2.24) is 4.90 Å². The summed E-state index contributed by atoms with van der Waals surface area (Å²) in [6.45, 7) is 3.76. The number of ether oxygens (including phenoxy) is 1. The summed E-state index contributed by atoms with van der Waals surface area (Å²) in [5, 5.41) is 16.1. The maximum Gasteiger partial charge on any atom is 0.335 e. The monoisotopic (exact) mass is 660 g/mol. The number of carbonyl (C=O) groups excluding carboxylic acids is 2. The average molecular weight is 661 g/mol. The molecule has 244 valence electrons. The number of carboxylic acid groups (broad SMARTS) is 1. The molecule has 2 N–H and O–H groups in total. The van der Waals surface area contributed by atoms with Gasteiger partial charge in [-0.3, -0.25) is 9.59 Å². The highest BCUT2D eigenvalue weighted by atomic mass is 35.5. The van der Waals surface area contributed by atoms with Crippen LogP contribution in [0.3, 0.4) is 0 Å². The van der Waals surface area contributed by atoms with Crippen molar-refractivity contribution in [2.45, 2.75) is 37.8 Å². The van der Waals surface area contributed by atoms with Crippen LogP contribution in [0, 0.1) is 17.7 Å². The van der Waals surface area contributed by atoms with E-state index in [1.54, 1.807) is 6.07 Å². The van der Waals surface area contributed by atoms with Crippen molar-refractivity contribution in [2.24, 2.45) is 17.0 Å². The average Bonchev–Trinajstić information content (AvgIpc) is 3.55. The normalized spacial score (nSPS) is 21.4. The van der Waals surface area contributed by atoms with Gasteiger partial charge in [0.2, 0.25) is 6.10 Å². The topological polar surface area (TPSA) is 121 Å². The van der Waals surface area contributed by atoms with Gasteiger partial charge < -0.3 is 29.8 Å². The number of anilines is 2. The first kappa shape index (κ1) is 31.1. The first-order valence-corrected chi connectivity index (χ1v) is 16.2. The molecule has 3 aromatic rings. The minimum atomic E-state index is -1.07. The van der Waals surface area contributed by atoms with E-state index < -0.39 is 35.7 Å². The van der Waals surface area contributed by atoms with Gasteiger partial charge in [-0.2, -0.15) is 0 Å². The molecule has 0 aliphatic carbocycles. The number of rotatable bonds is 7. The quantitative estimate of drug-likeness (QED) is 0.353. The number of hydrogen-bond donors (Lipinski definition) is 2. The van der Waals surface area contributed by atoms with Crippen LogP contribution < -0.4 is 10.2 Å². The Bertz CT molecular complexity index is 1740. The highest BCUT2D eigenvalue weighted by Crippen LogP contribution is 2.40. The Morgan fingerprint density at radius 2 is 1.70 bits per heavy atom. The van der Waals surface area contributed by atoms with E-state index in [1.165, 1.54) is 41.3 Å². The molecule has 2 amide bonds. The summed E-state index contributed by atoms with van der Waals surface area (Å²) < 4.78 is 20.2. The predicted molar refractivity (Wildman–Crippen MR) is 173 cm³/mol. The van der Waals surface area contributed by atoms with E-state index >= 15 is 0 Å². The number of amides is 2. The highest BCUT2D eigenvalue weighted by Gasteiger charge is 2.43. The lowest BCUT2D eigenvalue weighted by Gasteiger charge is -2.42. The summed E-state index contributed by atoms with van der Waals surface area (Å²) >= 11 is 5.98. The Morgan fingerprint density at radius 1 is 0.957 bits per heavy atom. The minimum Gasteiger partial charge on any atom is -0.478 e. The van der Waals surface area contributed by atoms with Crippen LogP contribution in [0.4, 0.5) is 15.8 Å². The lowest BCUT2D eigenvalue weighted by molar-refractivity contribution is -0.148. The van der Waals surface area contributed by atoms with Crippen LogP contribution >= 0.6 is 11.6 Å². The van der Waals surface area contributed by atoms with Crippen LogP contribution in [0.15, 0.2) is 65.8 Å². The van der Waals surface area contributed by atoms with Gasteiger partial charge in [0.15, 0.2) is 5.82 Å². The summed E-state index contributed by atoms with van der Waals surface area (Å²) in [4.78, 5) is 49.0. The van der Waals surface area contributed by atoms with Gasteiger partial charge in [0.05, 0.1) is 29.5 Å². The van der Waals surface area contributed by atoms with Gasteiger partial charge in [-0.1, -0.05) is 35.0 Å². The summed E-state index contributed by atoms with van der Waals surface area (Å²) in [7, 11) is 0. The number of aromatic carboxylic acids is 1. The molecule has 4 aliphatic rings. The van der Waals surface area contributed by atoms with E-state index in [-0.39, 0.29) is 34.8 Å². The third-order valence-corrected chi connectivity index (χ3v) is 10.0. The predicted octanol–water partition coefficient (Wildman–Crippen LogP) is 5.30. The lowest BCUT2D eigenvalue weighted by atomic mass is 9.82. The SMILES string of the molecule is O=C(O)c1ccc(NC(=O)[C@@H]2c3cccc(N4CCC(C5COC5)CC4)c3CCN2C(=O)[C@H]2CC(c3cccc(Cl)c3F)=NO2)cc1. The minimum absolute atomic E-state index is 0.0193. The van der Waals surface area contributed by atoms with Crippen molar-refractivity contribution in [3.05, 3.63) is 93.8 Å². The zero-order valence-electron chi connectivity index (χ0n) is 25.5. The number of carboxylic acids is 1. The number of benzene rings is 3. The molecule has 10 nitrogen and oxygen atoms in total. The number of halogens is 2. The number of oxime groups is 1. The van der Waals surface area contributed by atoms with Crippen LogP contribution in [0.5, 0.6) is 0 Å². The fraction of sp³-hybridized carbons (Fsp3) is 0.371. The molecule has 47 heavy (non-hydrogen) atoms. The molecule has 4 aliphatic heterocycles. The van der Waals surface area contributed by atoms with Crippen LogP contribution in [-0.4, -0.2) is 72.5 Å². The number of nitrogens with zero attached hydrogens (tertiary/aromatic N) is 3. The van der Waals surface area contributed by atoms with Crippen molar-refractivity contribution in [3.8, 4) is 0 Å². The van der Waals surface area contributed by atoms with Gasteiger partial charge in [-0.15, -0.1) is 0 Å². The van der Waals surface area contributed by atoms with Gasteiger partial charge in [0, 0.05) is 48.9 Å². The van der Waals surface area contributed by atoms with Crippen LogP contribution in [-0.2, 0) is 25.6 Å². The molecule has 0 bridgehead atoms. The highest BCUT2D eigenvalue weighted by molar-refractivity contribution is 6.31.